The molecule has 4 heterocycles. The van der Waals surface area contributed by atoms with Crippen LogP contribution in [-0.2, 0) is 0 Å². The molecule has 1 aromatic carbocycles. The fraction of sp³-hybridized carbons (Fsp3) is 0.111. The van der Waals surface area contributed by atoms with Gasteiger partial charge in [-0.15, -0.1) is 0 Å². The van der Waals surface area contributed by atoms with Crippen LogP contribution < -0.4 is 19.0 Å². The first-order valence-electron chi connectivity index (χ1n) is 10.6. The lowest BCUT2D eigenvalue weighted by Gasteiger charge is -2.09. The highest BCUT2D eigenvalue weighted by molar-refractivity contribution is 5.71. The van der Waals surface area contributed by atoms with Crippen molar-refractivity contribution in [2.45, 2.75) is 20.8 Å². The average Bonchev–Trinajstić information content (AvgIpc) is 2.85. The summed E-state index contributed by atoms with van der Waals surface area (Å²) in [6.07, 6.45) is 7.38. The normalized spacial score (nSPS) is 11.0. The first kappa shape index (κ1) is 21.9. The van der Waals surface area contributed by atoms with Crippen LogP contribution in [0.25, 0.3) is 23.4 Å². The van der Waals surface area contributed by atoms with Gasteiger partial charge in [0.25, 0.3) is 0 Å². The second kappa shape index (κ2) is 9.44. The second-order valence-electron chi connectivity index (χ2n) is 7.63. The van der Waals surface area contributed by atoms with Gasteiger partial charge >= 0.3 is 11.3 Å². The Balaban J connectivity index is 0.000000172. The summed E-state index contributed by atoms with van der Waals surface area (Å²) in [5, 5.41) is 23.8. The second-order valence-corrected chi connectivity index (χ2v) is 7.63. The van der Waals surface area contributed by atoms with Crippen LogP contribution in [0.3, 0.4) is 0 Å². The highest BCUT2D eigenvalue weighted by Crippen LogP contribution is 2.17. The zero-order chi connectivity index (χ0) is 23.4. The molecule has 0 unspecified atom stereocenters. The Kier molecular flexibility index (Phi) is 6.26. The van der Waals surface area contributed by atoms with Gasteiger partial charge in [-0.2, -0.15) is 0 Å². The SMILES string of the molecule is Cc1c([O-])c(/C=C/c2ccccc2)nc2cccc[n+]12.Cc1nc2cccc[n+]2c(C)c1[O-]. The summed E-state index contributed by atoms with van der Waals surface area (Å²) < 4.78 is 3.61. The van der Waals surface area contributed by atoms with Crippen molar-refractivity contribution in [1.29, 1.82) is 0 Å². The molecule has 164 valence electrons. The lowest BCUT2D eigenvalue weighted by atomic mass is 10.2. The van der Waals surface area contributed by atoms with E-state index in [4.69, 9.17) is 0 Å². The molecule has 0 aliphatic carbocycles. The van der Waals surface area contributed by atoms with Crippen LogP contribution in [0.5, 0.6) is 11.5 Å². The summed E-state index contributed by atoms with van der Waals surface area (Å²) in [6, 6.07) is 21.3. The van der Waals surface area contributed by atoms with Crippen LogP contribution in [0.15, 0.2) is 79.1 Å². The van der Waals surface area contributed by atoms with Gasteiger partial charge in [0, 0.05) is 19.1 Å². The summed E-state index contributed by atoms with van der Waals surface area (Å²) in [6.45, 7) is 5.36. The molecule has 5 aromatic rings. The van der Waals surface area contributed by atoms with E-state index in [0.29, 0.717) is 22.8 Å². The molecule has 0 radical (unpaired) electrons. The van der Waals surface area contributed by atoms with Crippen LogP contribution in [0, 0.1) is 20.8 Å². The highest BCUT2D eigenvalue weighted by atomic mass is 16.3. The van der Waals surface area contributed by atoms with Gasteiger partial charge in [-0.3, -0.25) is 0 Å². The van der Waals surface area contributed by atoms with Gasteiger partial charge in [0.05, 0.1) is 12.4 Å². The Hall–Kier alpha value is -4.32. The summed E-state index contributed by atoms with van der Waals surface area (Å²) in [4.78, 5) is 8.60. The van der Waals surface area contributed by atoms with Crippen LogP contribution >= 0.6 is 0 Å². The molecule has 0 aliphatic heterocycles. The molecule has 0 bridgehead atoms. The number of aromatic nitrogens is 4. The number of rotatable bonds is 2. The minimum Gasteiger partial charge on any atom is -0.867 e. The standard InChI is InChI=1S/C17H14N2O.C10H10N2O/c1-13-17(20)15(11-10-14-7-3-2-4-8-14)18-16-9-5-6-12-19(13)16;1-7-10(13)8(2)12-6-4-3-5-9(12)11-7/h2-12H,1H3;3-6H,1-2H3/b11-10+;. The van der Waals surface area contributed by atoms with Crippen molar-refractivity contribution in [2.75, 3.05) is 0 Å². The molecule has 5 rings (SSSR count). The molecule has 0 amide bonds. The van der Waals surface area contributed by atoms with Gasteiger partial charge in [-0.05, 0) is 59.1 Å². The number of hydrogen-bond acceptors (Lipinski definition) is 4. The molecule has 6 heteroatoms. The van der Waals surface area contributed by atoms with Crippen molar-refractivity contribution in [3.05, 3.63) is 107 Å². The van der Waals surface area contributed by atoms with E-state index < -0.39 is 0 Å². The Bertz CT molecular complexity index is 1460. The van der Waals surface area contributed by atoms with E-state index in [0.717, 1.165) is 16.9 Å². The van der Waals surface area contributed by atoms with Gasteiger partial charge in [-0.1, -0.05) is 48.5 Å². The Morgan fingerprint density at radius 2 is 1.18 bits per heavy atom. The van der Waals surface area contributed by atoms with Crippen molar-refractivity contribution in [3.8, 4) is 11.5 Å². The summed E-state index contributed by atoms with van der Waals surface area (Å²) >= 11 is 0. The van der Waals surface area contributed by atoms with Crippen LogP contribution in [-0.4, -0.2) is 9.97 Å². The first-order chi connectivity index (χ1) is 16.0. The van der Waals surface area contributed by atoms with E-state index in [1.54, 1.807) is 17.4 Å². The predicted molar refractivity (Wildman–Crippen MR) is 123 cm³/mol. The fourth-order valence-electron chi connectivity index (χ4n) is 3.53. The van der Waals surface area contributed by atoms with Crippen molar-refractivity contribution < 1.29 is 19.0 Å². The smallest absolute Gasteiger partial charge is 0.328 e. The van der Waals surface area contributed by atoms with Crippen molar-refractivity contribution in [3.63, 3.8) is 0 Å². The lowest BCUT2D eigenvalue weighted by molar-refractivity contribution is -0.528. The van der Waals surface area contributed by atoms with Gasteiger partial charge in [0.1, 0.15) is 17.1 Å². The minimum atomic E-state index is -0.0409. The zero-order valence-corrected chi connectivity index (χ0v) is 18.8. The topological polar surface area (TPSA) is 80.1 Å². The third-order valence-corrected chi connectivity index (χ3v) is 5.37. The Morgan fingerprint density at radius 1 is 0.636 bits per heavy atom. The predicted octanol–water partition coefficient (Wildman–Crippen LogP) is 2.88. The summed E-state index contributed by atoms with van der Waals surface area (Å²) in [5.74, 6) is -0.0235. The molecule has 0 N–H and O–H groups in total. The number of pyridine rings is 2. The van der Waals surface area contributed by atoms with Gasteiger partial charge in [0.15, 0.2) is 5.69 Å². The molecule has 33 heavy (non-hydrogen) atoms. The van der Waals surface area contributed by atoms with Crippen LogP contribution in [0.1, 0.15) is 28.3 Å². The average molecular weight is 437 g/mol. The summed E-state index contributed by atoms with van der Waals surface area (Å²) in [5.41, 5.74) is 5.05. The lowest BCUT2D eigenvalue weighted by Crippen LogP contribution is -2.28. The Labute approximate surface area is 192 Å². The van der Waals surface area contributed by atoms with Crippen LogP contribution in [0.2, 0.25) is 0 Å². The van der Waals surface area contributed by atoms with Gasteiger partial charge in [-0.25, -0.2) is 8.80 Å². The molecule has 4 aromatic heterocycles. The third kappa shape index (κ3) is 4.65. The minimum absolute atomic E-state index is 0.0173. The monoisotopic (exact) mass is 436 g/mol. The number of benzene rings is 1. The molecule has 6 nitrogen and oxygen atoms in total. The van der Waals surface area contributed by atoms with Gasteiger partial charge < -0.3 is 10.2 Å². The molecular weight excluding hydrogens is 412 g/mol. The largest absolute Gasteiger partial charge is 0.867 e. The molecular formula is C27H24N4O2. The number of fused-ring (bicyclic) bond motifs is 2. The van der Waals surface area contributed by atoms with Crippen molar-refractivity contribution in [1.82, 2.24) is 9.97 Å². The molecule has 0 spiro atoms. The molecule has 0 saturated carbocycles. The van der Waals surface area contributed by atoms with E-state index in [1.807, 2.05) is 103 Å². The first-order valence-corrected chi connectivity index (χ1v) is 10.6. The molecule has 0 fully saturated rings. The van der Waals surface area contributed by atoms with E-state index in [9.17, 15) is 10.2 Å². The van der Waals surface area contributed by atoms with Crippen molar-refractivity contribution in [2.24, 2.45) is 0 Å². The molecule has 0 atom stereocenters. The van der Waals surface area contributed by atoms with Crippen molar-refractivity contribution >= 4 is 23.4 Å². The molecule has 0 aliphatic rings. The Morgan fingerprint density at radius 3 is 1.82 bits per heavy atom. The maximum Gasteiger partial charge on any atom is 0.328 e. The molecule has 0 saturated heterocycles. The zero-order valence-electron chi connectivity index (χ0n) is 18.8. The number of aryl methyl sites for hydroxylation is 3. The third-order valence-electron chi connectivity index (χ3n) is 5.37. The van der Waals surface area contributed by atoms with Crippen LogP contribution in [0.4, 0.5) is 0 Å². The van der Waals surface area contributed by atoms with E-state index in [1.165, 1.54) is 0 Å². The number of nitrogens with zero attached hydrogens (tertiary/aromatic N) is 4. The maximum absolute atomic E-state index is 12.3. The van der Waals surface area contributed by atoms with E-state index >= 15 is 0 Å². The van der Waals surface area contributed by atoms with E-state index in [-0.39, 0.29) is 11.5 Å². The quantitative estimate of drug-likeness (QED) is 0.399. The highest BCUT2D eigenvalue weighted by Gasteiger charge is 2.11. The number of hydrogen-bond donors (Lipinski definition) is 0. The van der Waals surface area contributed by atoms with Gasteiger partial charge in [0.2, 0.25) is 0 Å². The van der Waals surface area contributed by atoms with E-state index in [2.05, 4.69) is 9.97 Å². The maximum atomic E-state index is 12.3. The fourth-order valence-corrected chi connectivity index (χ4v) is 3.53. The summed E-state index contributed by atoms with van der Waals surface area (Å²) in [7, 11) is 0.